The van der Waals surface area contributed by atoms with E-state index in [-0.39, 0.29) is 11.3 Å². The summed E-state index contributed by atoms with van der Waals surface area (Å²) in [6.45, 7) is 0. The van der Waals surface area contributed by atoms with Gasteiger partial charge in [0.25, 0.3) is 0 Å². The van der Waals surface area contributed by atoms with Crippen LogP contribution in [0.2, 0.25) is 0 Å². The first-order chi connectivity index (χ1) is 9.98. The standard InChI is InChI=1S/C17H23NO3/c18-13(21-14(19)20)8-15-5-10-4-11-16(2-1-3-16)12(7-15)17(11,6-10)9-15/h10-12,18H,1-9H2,(H,19,20). The Bertz CT molecular complexity index is 554. The Kier molecular flexibility index (Phi) is 2.06. The fourth-order valence-electron chi connectivity index (χ4n) is 8.07. The van der Waals surface area contributed by atoms with E-state index >= 15 is 0 Å². The zero-order valence-electron chi connectivity index (χ0n) is 12.4. The molecule has 0 aromatic heterocycles. The molecule has 0 heterocycles. The summed E-state index contributed by atoms with van der Waals surface area (Å²) in [5.41, 5.74) is 1.45. The summed E-state index contributed by atoms with van der Waals surface area (Å²) in [6.07, 6.45) is 10.1. The summed E-state index contributed by atoms with van der Waals surface area (Å²) in [7, 11) is 0. The maximum Gasteiger partial charge on any atom is 0.512 e. The molecule has 0 saturated heterocycles. The molecule has 0 radical (unpaired) electrons. The van der Waals surface area contributed by atoms with Crippen molar-refractivity contribution >= 4 is 12.1 Å². The smallest absolute Gasteiger partial charge is 0.449 e. The van der Waals surface area contributed by atoms with Gasteiger partial charge in [0, 0.05) is 6.42 Å². The van der Waals surface area contributed by atoms with E-state index in [0.717, 1.165) is 17.8 Å². The molecule has 2 spiro atoms. The lowest BCUT2D eigenvalue weighted by Gasteiger charge is -2.69. The Morgan fingerprint density at radius 2 is 2.00 bits per heavy atom. The molecule has 5 unspecified atom stereocenters. The normalized spacial score (nSPS) is 50.4. The summed E-state index contributed by atoms with van der Waals surface area (Å²) in [5.74, 6) is 2.66. The number of rotatable bonds is 2. The number of carboxylic acid groups (broad SMARTS) is 1. The highest BCUT2D eigenvalue weighted by Crippen LogP contribution is 2.88. The van der Waals surface area contributed by atoms with Crippen LogP contribution in [0.1, 0.15) is 57.8 Å². The predicted molar refractivity (Wildman–Crippen MR) is 76.2 cm³/mol. The summed E-state index contributed by atoms with van der Waals surface area (Å²) in [4.78, 5) is 10.7. The zero-order chi connectivity index (χ0) is 14.5. The molecule has 5 atom stereocenters. The van der Waals surface area contributed by atoms with Crippen molar-refractivity contribution in [1.82, 2.24) is 0 Å². The number of hydrogen-bond donors (Lipinski definition) is 2. The molecule has 5 saturated carbocycles. The molecule has 3 bridgehead atoms. The van der Waals surface area contributed by atoms with Crippen LogP contribution in [0.5, 0.6) is 0 Å². The van der Waals surface area contributed by atoms with Gasteiger partial charge < -0.3 is 9.84 Å². The van der Waals surface area contributed by atoms with Crippen molar-refractivity contribution in [2.45, 2.75) is 57.8 Å². The molecule has 4 heteroatoms. The molecule has 5 aliphatic rings. The van der Waals surface area contributed by atoms with Gasteiger partial charge >= 0.3 is 6.16 Å². The molecule has 5 fully saturated rings. The third kappa shape index (κ3) is 1.29. The molecule has 0 aliphatic heterocycles. The van der Waals surface area contributed by atoms with Crippen LogP contribution in [0, 0.1) is 39.4 Å². The lowest BCUT2D eigenvalue weighted by atomic mass is 9.35. The average Bonchev–Trinajstić information content (AvgIpc) is 2.65. The van der Waals surface area contributed by atoms with Crippen molar-refractivity contribution < 1.29 is 14.6 Å². The quantitative estimate of drug-likeness (QED) is 0.458. The van der Waals surface area contributed by atoms with E-state index in [1.165, 1.54) is 51.4 Å². The summed E-state index contributed by atoms with van der Waals surface area (Å²) >= 11 is 0. The number of carbonyl (C=O) groups is 1. The number of nitrogens with one attached hydrogen (secondary N) is 1. The minimum atomic E-state index is -1.33. The van der Waals surface area contributed by atoms with Gasteiger partial charge in [0.2, 0.25) is 0 Å². The van der Waals surface area contributed by atoms with E-state index in [4.69, 9.17) is 10.5 Å². The van der Waals surface area contributed by atoms with Crippen LogP contribution in [0.15, 0.2) is 0 Å². The highest BCUT2D eigenvalue weighted by molar-refractivity contribution is 5.83. The van der Waals surface area contributed by atoms with Crippen molar-refractivity contribution in [3.05, 3.63) is 0 Å². The van der Waals surface area contributed by atoms with Crippen LogP contribution in [0.25, 0.3) is 0 Å². The Morgan fingerprint density at radius 3 is 2.67 bits per heavy atom. The number of hydrogen-bond acceptors (Lipinski definition) is 3. The lowest BCUT2D eigenvalue weighted by molar-refractivity contribution is -0.209. The van der Waals surface area contributed by atoms with Gasteiger partial charge in [0.1, 0.15) is 0 Å². The van der Waals surface area contributed by atoms with Gasteiger partial charge in [-0.3, -0.25) is 5.41 Å². The minimum Gasteiger partial charge on any atom is -0.449 e. The molecular formula is C17H23NO3. The second-order valence-corrected chi connectivity index (χ2v) is 8.78. The summed E-state index contributed by atoms with van der Waals surface area (Å²) in [6, 6.07) is 0. The SMILES string of the molecule is N=C(CC12CC3CC4C5(CCC5)C(C1)C4(C3)C2)OC(=O)O. The monoisotopic (exact) mass is 289 g/mol. The molecule has 0 aromatic carbocycles. The Labute approximate surface area is 124 Å². The first-order valence-corrected chi connectivity index (χ1v) is 8.46. The molecule has 0 amide bonds. The highest BCUT2D eigenvalue weighted by atomic mass is 16.7. The molecule has 5 rings (SSSR count). The fraction of sp³-hybridized carbons (Fsp3) is 0.882. The second-order valence-electron chi connectivity index (χ2n) is 8.78. The second kappa shape index (κ2) is 3.47. The molecule has 4 nitrogen and oxygen atoms in total. The molecule has 0 aromatic rings. The van der Waals surface area contributed by atoms with E-state index < -0.39 is 6.16 Å². The molecular weight excluding hydrogens is 266 g/mol. The summed E-state index contributed by atoms with van der Waals surface area (Å²) in [5, 5.41) is 16.6. The van der Waals surface area contributed by atoms with E-state index in [1.807, 2.05) is 0 Å². The zero-order valence-corrected chi connectivity index (χ0v) is 12.4. The first-order valence-electron chi connectivity index (χ1n) is 8.46. The van der Waals surface area contributed by atoms with Crippen molar-refractivity contribution in [3.8, 4) is 0 Å². The molecule has 21 heavy (non-hydrogen) atoms. The van der Waals surface area contributed by atoms with Crippen LogP contribution in [-0.4, -0.2) is 17.2 Å². The van der Waals surface area contributed by atoms with Gasteiger partial charge in [-0.1, -0.05) is 6.42 Å². The average molecular weight is 289 g/mol. The van der Waals surface area contributed by atoms with Crippen molar-refractivity contribution in [3.63, 3.8) is 0 Å². The Balaban J connectivity index is 1.44. The van der Waals surface area contributed by atoms with Crippen LogP contribution >= 0.6 is 0 Å². The van der Waals surface area contributed by atoms with Gasteiger partial charge in [0.05, 0.1) is 0 Å². The van der Waals surface area contributed by atoms with Crippen molar-refractivity contribution in [2.75, 3.05) is 0 Å². The number of ether oxygens (including phenoxy) is 1. The molecule has 114 valence electrons. The summed E-state index contributed by atoms with van der Waals surface area (Å²) < 4.78 is 4.63. The van der Waals surface area contributed by atoms with E-state index in [0.29, 0.717) is 17.3 Å². The van der Waals surface area contributed by atoms with Crippen LogP contribution < -0.4 is 0 Å². The van der Waals surface area contributed by atoms with Gasteiger partial charge in [-0.2, -0.15) is 0 Å². The molecule has 5 aliphatic carbocycles. The maximum atomic E-state index is 10.7. The van der Waals surface area contributed by atoms with E-state index in [1.54, 1.807) is 0 Å². The lowest BCUT2D eigenvalue weighted by Crippen LogP contribution is -2.62. The predicted octanol–water partition coefficient (Wildman–Crippen LogP) is 4.04. The van der Waals surface area contributed by atoms with Crippen LogP contribution in [-0.2, 0) is 4.74 Å². The Hall–Kier alpha value is -1.06. The van der Waals surface area contributed by atoms with Gasteiger partial charge in [-0.25, -0.2) is 4.79 Å². The van der Waals surface area contributed by atoms with E-state index in [2.05, 4.69) is 4.74 Å². The van der Waals surface area contributed by atoms with Crippen molar-refractivity contribution in [2.24, 2.45) is 34.0 Å². The third-order valence-corrected chi connectivity index (χ3v) is 8.11. The number of fused-ring (bicyclic) bond motifs is 4. The largest absolute Gasteiger partial charge is 0.512 e. The van der Waals surface area contributed by atoms with Crippen molar-refractivity contribution in [1.29, 1.82) is 5.41 Å². The van der Waals surface area contributed by atoms with Gasteiger partial charge in [0.15, 0.2) is 5.90 Å². The third-order valence-electron chi connectivity index (χ3n) is 8.11. The van der Waals surface area contributed by atoms with Gasteiger partial charge in [-0.15, -0.1) is 0 Å². The van der Waals surface area contributed by atoms with Gasteiger partial charge in [-0.05, 0) is 78.9 Å². The first kappa shape index (κ1) is 12.5. The van der Waals surface area contributed by atoms with Crippen LogP contribution in [0.4, 0.5) is 4.79 Å². The molecule has 2 N–H and O–H groups in total. The highest BCUT2D eigenvalue weighted by Gasteiger charge is 2.80. The fourth-order valence-corrected chi connectivity index (χ4v) is 8.07. The minimum absolute atomic E-state index is 0.0271. The van der Waals surface area contributed by atoms with E-state index in [9.17, 15) is 4.79 Å². The maximum absolute atomic E-state index is 10.7. The topological polar surface area (TPSA) is 70.4 Å². The van der Waals surface area contributed by atoms with Crippen LogP contribution in [0.3, 0.4) is 0 Å². The Morgan fingerprint density at radius 1 is 1.19 bits per heavy atom.